The Balaban J connectivity index is 1.79. The summed E-state index contributed by atoms with van der Waals surface area (Å²) in [7, 11) is 0. The first kappa shape index (κ1) is 15.1. The minimum Gasteiger partial charge on any atom is -0.337 e. The van der Waals surface area contributed by atoms with Crippen LogP contribution in [0.1, 0.15) is 54.2 Å². The molecule has 6 heteroatoms. The molecule has 0 atom stereocenters. The number of fused-ring (bicyclic) bond motifs is 1. The number of rotatable bonds is 6. The fourth-order valence-corrected chi connectivity index (χ4v) is 2.95. The van der Waals surface area contributed by atoms with Gasteiger partial charge in [-0.25, -0.2) is 4.98 Å². The average Bonchev–Trinajstić information content (AvgIpc) is 3.22. The summed E-state index contributed by atoms with van der Waals surface area (Å²) in [5.41, 5.74) is 0.412. The van der Waals surface area contributed by atoms with Crippen LogP contribution in [-0.4, -0.2) is 57.3 Å². The van der Waals surface area contributed by atoms with E-state index >= 15 is 0 Å². The summed E-state index contributed by atoms with van der Waals surface area (Å²) in [6.45, 7) is 7.70. The van der Waals surface area contributed by atoms with Crippen molar-refractivity contribution in [1.29, 1.82) is 0 Å². The van der Waals surface area contributed by atoms with E-state index < -0.39 is 0 Å². The maximum Gasteiger partial charge on any atom is 0.289 e. The van der Waals surface area contributed by atoms with Gasteiger partial charge in [0.1, 0.15) is 5.69 Å². The van der Waals surface area contributed by atoms with Gasteiger partial charge in [0.2, 0.25) is 0 Å². The predicted octanol–water partition coefficient (Wildman–Crippen LogP) is 1.62. The molecule has 3 rings (SSSR count). The Morgan fingerprint density at radius 2 is 2.14 bits per heavy atom. The molecule has 120 valence electrons. The SMILES string of the molecule is CCCN(CC1CC1)C(=O)c1cn2c(n1)C(=O)N(CC)CC2. The number of carbonyl (C=O) groups excluding carboxylic acids is 2. The molecule has 0 aromatic carbocycles. The van der Waals surface area contributed by atoms with Crippen molar-refractivity contribution in [3.63, 3.8) is 0 Å². The minimum atomic E-state index is -0.0722. The van der Waals surface area contributed by atoms with Crippen LogP contribution in [-0.2, 0) is 6.54 Å². The van der Waals surface area contributed by atoms with Crippen molar-refractivity contribution in [2.75, 3.05) is 26.2 Å². The van der Waals surface area contributed by atoms with Crippen molar-refractivity contribution in [2.45, 2.75) is 39.7 Å². The average molecular weight is 304 g/mol. The zero-order chi connectivity index (χ0) is 15.7. The van der Waals surface area contributed by atoms with Crippen molar-refractivity contribution in [2.24, 2.45) is 5.92 Å². The summed E-state index contributed by atoms with van der Waals surface area (Å²) in [5, 5.41) is 0. The smallest absolute Gasteiger partial charge is 0.289 e. The number of hydrogen-bond acceptors (Lipinski definition) is 3. The highest BCUT2D eigenvalue weighted by molar-refractivity contribution is 5.96. The highest BCUT2D eigenvalue weighted by atomic mass is 16.2. The molecule has 22 heavy (non-hydrogen) atoms. The van der Waals surface area contributed by atoms with Crippen LogP contribution in [0, 0.1) is 5.92 Å². The Hall–Kier alpha value is -1.85. The highest BCUT2D eigenvalue weighted by Gasteiger charge is 2.31. The third kappa shape index (κ3) is 2.87. The fraction of sp³-hybridized carbons (Fsp3) is 0.688. The molecule has 0 unspecified atom stereocenters. The van der Waals surface area contributed by atoms with Gasteiger partial charge in [0.05, 0.1) is 0 Å². The molecule has 2 heterocycles. The summed E-state index contributed by atoms with van der Waals surface area (Å²) in [6, 6.07) is 0. The van der Waals surface area contributed by atoms with Gasteiger partial charge < -0.3 is 14.4 Å². The lowest BCUT2D eigenvalue weighted by Crippen LogP contribution is -2.40. The standard InChI is InChI=1S/C16H24N4O2/c1-3-7-20(10-12-5-6-12)15(21)13-11-19-9-8-18(4-2)16(22)14(19)17-13/h11-12H,3-10H2,1-2H3. The highest BCUT2D eigenvalue weighted by Crippen LogP contribution is 2.30. The lowest BCUT2D eigenvalue weighted by Gasteiger charge is -2.25. The van der Waals surface area contributed by atoms with Crippen LogP contribution < -0.4 is 0 Å². The molecule has 1 aliphatic carbocycles. The lowest BCUT2D eigenvalue weighted by molar-refractivity contribution is 0.0707. The number of imidazole rings is 1. The van der Waals surface area contributed by atoms with Crippen molar-refractivity contribution in [3.05, 3.63) is 17.7 Å². The molecule has 1 aromatic rings. The zero-order valence-electron chi connectivity index (χ0n) is 13.4. The van der Waals surface area contributed by atoms with Gasteiger partial charge in [0.15, 0.2) is 5.82 Å². The van der Waals surface area contributed by atoms with Crippen LogP contribution in [0.4, 0.5) is 0 Å². The predicted molar refractivity (Wildman–Crippen MR) is 82.7 cm³/mol. The third-order valence-electron chi connectivity index (χ3n) is 4.42. The molecule has 1 saturated carbocycles. The number of hydrogen-bond donors (Lipinski definition) is 0. The van der Waals surface area contributed by atoms with E-state index in [2.05, 4.69) is 11.9 Å². The second kappa shape index (κ2) is 6.10. The van der Waals surface area contributed by atoms with Crippen molar-refractivity contribution >= 4 is 11.8 Å². The van der Waals surface area contributed by atoms with Gasteiger partial charge in [-0.1, -0.05) is 6.92 Å². The largest absolute Gasteiger partial charge is 0.337 e. The summed E-state index contributed by atoms with van der Waals surface area (Å²) >= 11 is 0. The summed E-state index contributed by atoms with van der Waals surface area (Å²) < 4.78 is 1.82. The van der Waals surface area contributed by atoms with E-state index in [1.807, 2.05) is 16.4 Å². The first-order chi connectivity index (χ1) is 10.6. The maximum absolute atomic E-state index is 12.7. The Labute approximate surface area is 131 Å². The van der Waals surface area contributed by atoms with E-state index in [9.17, 15) is 9.59 Å². The van der Waals surface area contributed by atoms with Crippen molar-refractivity contribution in [1.82, 2.24) is 19.4 Å². The van der Waals surface area contributed by atoms with Crippen LogP contribution in [0.15, 0.2) is 6.20 Å². The van der Waals surface area contributed by atoms with Crippen LogP contribution in [0.2, 0.25) is 0 Å². The van der Waals surface area contributed by atoms with Gasteiger partial charge in [0, 0.05) is 38.9 Å². The molecule has 0 radical (unpaired) electrons. The summed E-state index contributed by atoms with van der Waals surface area (Å²) in [4.78, 5) is 33.0. The number of carbonyl (C=O) groups is 2. The number of aromatic nitrogens is 2. The molecular formula is C16H24N4O2. The summed E-state index contributed by atoms with van der Waals surface area (Å²) in [6.07, 6.45) is 5.13. The van der Waals surface area contributed by atoms with E-state index in [0.29, 0.717) is 37.1 Å². The van der Waals surface area contributed by atoms with E-state index in [4.69, 9.17) is 0 Å². The molecule has 6 nitrogen and oxygen atoms in total. The van der Waals surface area contributed by atoms with Gasteiger partial charge in [-0.3, -0.25) is 9.59 Å². The number of likely N-dealkylation sites (N-methyl/N-ethyl adjacent to an activating group) is 1. The summed E-state index contributed by atoms with van der Waals surface area (Å²) in [5.74, 6) is 0.952. The lowest BCUT2D eigenvalue weighted by atomic mass is 10.3. The first-order valence-corrected chi connectivity index (χ1v) is 8.29. The monoisotopic (exact) mass is 304 g/mol. The van der Waals surface area contributed by atoms with Crippen molar-refractivity contribution < 1.29 is 9.59 Å². The Bertz CT molecular complexity index is 577. The molecule has 0 spiro atoms. The van der Waals surface area contributed by atoms with E-state index in [1.165, 1.54) is 12.8 Å². The van der Waals surface area contributed by atoms with Gasteiger partial charge in [-0.05, 0) is 32.1 Å². The molecule has 1 aliphatic heterocycles. The van der Waals surface area contributed by atoms with Crippen molar-refractivity contribution in [3.8, 4) is 0 Å². The quantitative estimate of drug-likeness (QED) is 0.802. The molecule has 1 fully saturated rings. The van der Waals surface area contributed by atoms with Gasteiger partial charge in [-0.2, -0.15) is 0 Å². The number of amides is 2. The molecule has 2 amide bonds. The number of nitrogens with zero attached hydrogens (tertiary/aromatic N) is 4. The minimum absolute atomic E-state index is 0.0356. The van der Waals surface area contributed by atoms with Crippen LogP contribution in [0.5, 0.6) is 0 Å². The van der Waals surface area contributed by atoms with E-state index in [1.54, 1.807) is 11.1 Å². The van der Waals surface area contributed by atoms with Gasteiger partial charge >= 0.3 is 0 Å². The van der Waals surface area contributed by atoms with Crippen LogP contribution >= 0.6 is 0 Å². The Kier molecular flexibility index (Phi) is 4.18. The molecule has 1 aromatic heterocycles. The molecule has 0 N–H and O–H groups in total. The fourth-order valence-electron chi connectivity index (χ4n) is 2.95. The van der Waals surface area contributed by atoms with Crippen LogP contribution in [0.3, 0.4) is 0 Å². The van der Waals surface area contributed by atoms with Crippen LogP contribution in [0.25, 0.3) is 0 Å². The van der Waals surface area contributed by atoms with Gasteiger partial charge in [-0.15, -0.1) is 0 Å². The Morgan fingerprint density at radius 3 is 2.77 bits per heavy atom. The molecule has 0 bridgehead atoms. The third-order valence-corrected chi connectivity index (χ3v) is 4.42. The second-order valence-electron chi connectivity index (χ2n) is 6.22. The van der Waals surface area contributed by atoms with Gasteiger partial charge in [0.25, 0.3) is 11.8 Å². The Morgan fingerprint density at radius 1 is 1.36 bits per heavy atom. The zero-order valence-corrected chi connectivity index (χ0v) is 13.4. The second-order valence-corrected chi connectivity index (χ2v) is 6.22. The topological polar surface area (TPSA) is 58.4 Å². The van der Waals surface area contributed by atoms with E-state index in [-0.39, 0.29) is 11.8 Å². The normalized spacial score (nSPS) is 17.5. The van der Waals surface area contributed by atoms with E-state index in [0.717, 1.165) is 19.5 Å². The molecular weight excluding hydrogens is 280 g/mol. The first-order valence-electron chi connectivity index (χ1n) is 8.29. The molecule has 0 saturated heterocycles. The molecule has 2 aliphatic rings. The maximum atomic E-state index is 12.7.